The average Bonchev–Trinajstić information content (AvgIpc) is 2.52. The first-order valence-corrected chi connectivity index (χ1v) is 9.61. The molecule has 1 rings (SSSR count). The Hall–Kier alpha value is -0.780. The van der Waals surface area contributed by atoms with E-state index in [2.05, 4.69) is 59.7 Å². The molecule has 0 heterocycles. The topological polar surface area (TPSA) is 0 Å². The zero-order valence-electron chi connectivity index (χ0n) is 17.3. The predicted octanol–water partition coefficient (Wildman–Crippen LogP) is 8.14. The van der Waals surface area contributed by atoms with Crippen LogP contribution in [0, 0.1) is 19.8 Å². The Morgan fingerprint density at radius 3 is 1.59 bits per heavy atom. The van der Waals surface area contributed by atoms with Gasteiger partial charge in [0.15, 0.2) is 0 Å². The first-order chi connectivity index (χ1) is 10.5. The fourth-order valence-electron chi connectivity index (χ4n) is 2.37. The molecule has 0 N–H and O–H groups in total. The number of hydrogen-bond acceptors (Lipinski definition) is 0. The Morgan fingerprint density at radius 1 is 0.818 bits per heavy atom. The van der Waals surface area contributed by atoms with Crippen LogP contribution >= 0.6 is 0 Å². The van der Waals surface area contributed by atoms with Gasteiger partial charge in [0, 0.05) is 0 Å². The molecule has 0 aliphatic heterocycles. The van der Waals surface area contributed by atoms with Crippen LogP contribution in [0.3, 0.4) is 0 Å². The van der Waals surface area contributed by atoms with Gasteiger partial charge in [-0.05, 0) is 37.3 Å². The Balaban J connectivity index is -0.000000272. The molecule has 0 aliphatic carbocycles. The van der Waals surface area contributed by atoms with Gasteiger partial charge in [0.2, 0.25) is 0 Å². The van der Waals surface area contributed by atoms with Crippen LogP contribution in [-0.2, 0) is 6.42 Å². The lowest BCUT2D eigenvalue weighted by atomic mass is 10.0. The monoisotopic (exact) mass is 308 g/mol. The fraction of sp³-hybridized carbons (Fsp3) is 0.727. The minimum absolute atomic E-state index is 0.963. The SMILES string of the molecule is CC.CC.CCCC(C)CCC.CCc1ccc(C)cc1C. The van der Waals surface area contributed by atoms with Gasteiger partial charge in [-0.3, -0.25) is 0 Å². The maximum atomic E-state index is 2.34. The maximum absolute atomic E-state index is 2.34. The van der Waals surface area contributed by atoms with Crippen molar-refractivity contribution in [2.75, 3.05) is 0 Å². The minimum Gasteiger partial charge on any atom is -0.0683 e. The summed E-state index contributed by atoms with van der Waals surface area (Å²) in [5, 5.41) is 0. The van der Waals surface area contributed by atoms with Gasteiger partial charge in [-0.1, -0.05) is 105 Å². The number of rotatable bonds is 5. The molecule has 0 amide bonds. The summed E-state index contributed by atoms with van der Waals surface area (Å²) < 4.78 is 0. The van der Waals surface area contributed by atoms with E-state index in [0.29, 0.717) is 0 Å². The molecular weight excluding hydrogens is 264 g/mol. The van der Waals surface area contributed by atoms with Crippen molar-refractivity contribution in [3.8, 4) is 0 Å². The molecule has 0 atom stereocenters. The Kier molecular flexibility index (Phi) is 24.0. The van der Waals surface area contributed by atoms with E-state index < -0.39 is 0 Å². The van der Waals surface area contributed by atoms with Crippen molar-refractivity contribution in [2.24, 2.45) is 5.92 Å². The van der Waals surface area contributed by atoms with Crippen molar-refractivity contribution < 1.29 is 0 Å². The summed E-state index contributed by atoms with van der Waals surface area (Å²) in [5.74, 6) is 0.963. The highest BCUT2D eigenvalue weighted by atomic mass is 14.0. The third-order valence-electron chi connectivity index (χ3n) is 3.44. The summed E-state index contributed by atoms with van der Waals surface area (Å²) in [6, 6.07) is 6.62. The van der Waals surface area contributed by atoms with Crippen LogP contribution < -0.4 is 0 Å². The van der Waals surface area contributed by atoms with Crippen molar-refractivity contribution in [1.29, 1.82) is 0 Å². The first kappa shape index (κ1) is 26.1. The largest absolute Gasteiger partial charge is 0.0683 e. The maximum Gasteiger partial charge on any atom is -0.0305 e. The molecule has 1 aromatic rings. The molecule has 0 aromatic heterocycles. The van der Waals surface area contributed by atoms with Crippen LogP contribution in [0.25, 0.3) is 0 Å². The highest BCUT2D eigenvalue weighted by molar-refractivity contribution is 5.30. The van der Waals surface area contributed by atoms with Crippen molar-refractivity contribution in [3.05, 3.63) is 34.9 Å². The second kappa shape index (κ2) is 20.2. The molecule has 0 fully saturated rings. The molecule has 0 saturated carbocycles. The molecule has 0 spiro atoms. The van der Waals surface area contributed by atoms with Gasteiger partial charge >= 0.3 is 0 Å². The molecule has 0 radical (unpaired) electrons. The average molecular weight is 309 g/mol. The van der Waals surface area contributed by atoms with Crippen molar-refractivity contribution in [1.82, 2.24) is 0 Å². The molecule has 0 nitrogen and oxygen atoms in total. The van der Waals surface area contributed by atoms with E-state index in [9.17, 15) is 0 Å². The van der Waals surface area contributed by atoms with Gasteiger partial charge in [-0.2, -0.15) is 0 Å². The third kappa shape index (κ3) is 15.6. The first-order valence-electron chi connectivity index (χ1n) is 9.61. The van der Waals surface area contributed by atoms with E-state index in [0.717, 1.165) is 12.3 Å². The van der Waals surface area contributed by atoms with Crippen LogP contribution in [-0.4, -0.2) is 0 Å². The smallest absolute Gasteiger partial charge is 0.0305 e. The third-order valence-corrected chi connectivity index (χ3v) is 3.44. The second-order valence-electron chi connectivity index (χ2n) is 5.47. The lowest BCUT2D eigenvalue weighted by Crippen LogP contribution is -1.91. The summed E-state index contributed by atoms with van der Waals surface area (Å²) in [6.45, 7) is 21.3. The van der Waals surface area contributed by atoms with Gasteiger partial charge in [-0.15, -0.1) is 0 Å². The lowest BCUT2D eigenvalue weighted by molar-refractivity contribution is 0.480. The van der Waals surface area contributed by atoms with Gasteiger partial charge in [0.1, 0.15) is 0 Å². The van der Waals surface area contributed by atoms with Crippen molar-refractivity contribution in [3.63, 3.8) is 0 Å². The van der Waals surface area contributed by atoms with Gasteiger partial charge in [0.05, 0.1) is 0 Å². The minimum atomic E-state index is 0.963. The van der Waals surface area contributed by atoms with E-state index in [1.165, 1.54) is 42.4 Å². The second-order valence-corrected chi connectivity index (χ2v) is 5.47. The summed E-state index contributed by atoms with van der Waals surface area (Å²) in [6.07, 6.45) is 6.66. The molecule has 0 unspecified atom stereocenters. The van der Waals surface area contributed by atoms with Crippen LogP contribution in [0.5, 0.6) is 0 Å². The highest BCUT2D eigenvalue weighted by Crippen LogP contribution is 2.11. The zero-order chi connectivity index (χ0) is 18.0. The molecule has 0 heteroatoms. The van der Waals surface area contributed by atoms with Crippen LogP contribution in [0.2, 0.25) is 0 Å². The molecular formula is C22H44. The fourth-order valence-corrected chi connectivity index (χ4v) is 2.37. The van der Waals surface area contributed by atoms with E-state index in [1.807, 2.05) is 27.7 Å². The van der Waals surface area contributed by atoms with E-state index in [-0.39, 0.29) is 0 Å². The van der Waals surface area contributed by atoms with E-state index >= 15 is 0 Å². The molecule has 1 aromatic carbocycles. The van der Waals surface area contributed by atoms with Gasteiger partial charge in [-0.25, -0.2) is 0 Å². The number of hydrogen-bond donors (Lipinski definition) is 0. The van der Waals surface area contributed by atoms with Crippen molar-refractivity contribution >= 4 is 0 Å². The number of aryl methyl sites for hydroxylation is 3. The zero-order valence-corrected chi connectivity index (χ0v) is 17.3. The Bertz CT molecular complexity index is 306. The van der Waals surface area contributed by atoms with Crippen LogP contribution in [0.1, 0.15) is 97.8 Å². The summed E-state index contributed by atoms with van der Waals surface area (Å²) >= 11 is 0. The standard InChI is InChI=1S/C10H14.C8H18.2C2H6/c1-4-10-6-5-8(2)7-9(10)3;1-4-6-8(3)7-5-2;2*1-2/h5-7H,4H2,1-3H3;8H,4-7H2,1-3H3;2*1-2H3. The van der Waals surface area contributed by atoms with E-state index in [1.54, 1.807) is 0 Å². The normalized spacial score (nSPS) is 8.86. The lowest BCUT2D eigenvalue weighted by Gasteiger charge is -2.05. The quantitative estimate of drug-likeness (QED) is 0.515. The molecule has 22 heavy (non-hydrogen) atoms. The van der Waals surface area contributed by atoms with Crippen LogP contribution in [0.15, 0.2) is 18.2 Å². The molecule has 0 aliphatic rings. The van der Waals surface area contributed by atoms with Gasteiger partial charge in [0.25, 0.3) is 0 Å². The molecule has 0 saturated heterocycles. The highest BCUT2D eigenvalue weighted by Gasteiger charge is 1.95. The summed E-state index contributed by atoms with van der Waals surface area (Å²) in [4.78, 5) is 0. The number of benzene rings is 1. The summed E-state index contributed by atoms with van der Waals surface area (Å²) in [5.41, 5.74) is 4.24. The van der Waals surface area contributed by atoms with Crippen LogP contribution in [0.4, 0.5) is 0 Å². The van der Waals surface area contributed by atoms with E-state index in [4.69, 9.17) is 0 Å². The van der Waals surface area contributed by atoms with Crippen molar-refractivity contribution in [2.45, 2.75) is 101 Å². The Labute approximate surface area is 142 Å². The Morgan fingerprint density at radius 2 is 1.27 bits per heavy atom. The summed E-state index contributed by atoms with van der Waals surface area (Å²) in [7, 11) is 0. The molecule has 0 bridgehead atoms. The van der Waals surface area contributed by atoms with Gasteiger partial charge < -0.3 is 0 Å². The molecule has 132 valence electrons. The predicted molar refractivity (Wildman–Crippen MR) is 107 cm³/mol.